The molecule has 0 spiro atoms. The van der Waals surface area contributed by atoms with Gasteiger partial charge in [0.05, 0.1) is 0 Å². The highest BCUT2D eigenvalue weighted by Crippen LogP contribution is 1.92. The van der Waals surface area contributed by atoms with E-state index in [1.807, 2.05) is 20.8 Å². The van der Waals surface area contributed by atoms with Crippen LogP contribution >= 0.6 is 0 Å². The summed E-state index contributed by atoms with van der Waals surface area (Å²) >= 11 is 0. The molecule has 0 aromatic rings. The Kier molecular flexibility index (Phi) is 17.1. The van der Waals surface area contributed by atoms with Gasteiger partial charge in [-0.15, -0.1) is 0 Å². The predicted molar refractivity (Wildman–Crippen MR) is 76.4 cm³/mol. The molecule has 0 aliphatic rings. The van der Waals surface area contributed by atoms with Crippen molar-refractivity contribution >= 4 is 11.8 Å². The van der Waals surface area contributed by atoms with Gasteiger partial charge in [-0.3, -0.25) is 9.59 Å². The molecule has 0 atom stereocenters. The van der Waals surface area contributed by atoms with Crippen molar-refractivity contribution in [2.45, 2.75) is 66.2 Å². The first-order valence-electron chi connectivity index (χ1n) is 7.24. The minimum atomic E-state index is 0.0448. The first-order chi connectivity index (χ1) is 8.70. The Labute approximate surface area is 112 Å². The zero-order valence-electron chi connectivity index (χ0n) is 12.5. The first-order valence-corrected chi connectivity index (χ1v) is 7.24. The van der Waals surface area contributed by atoms with Gasteiger partial charge in [0.25, 0.3) is 0 Å². The molecule has 0 rings (SSSR count). The van der Waals surface area contributed by atoms with Gasteiger partial charge in [0.2, 0.25) is 11.8 Å². The van der Waals surface area contributed by atoms with Crippen LogP contribution in [0.25, 0.3) is 0 Å². The fraction of sp³-hybridized carbons (Fsp3) is 0.857. The molecule has 0 heterocycles. The van der Waals surface area contributed by atoms with Crippen molar-refractivity contribution in [1.29, 1.82) is 0 Å². The minimum absolute atomic E-state index is 0.0448. The summed E-state index contributed by atoms with van der Waals surface area (Å²) in [6.45, 7) is 9.32. The summed E-state index contributed by atoms with van der Waals surface area (Å²) in [5.41, 5.74) is 0. The molecule has 4 nitrogen and oxygen atoms in total. The fourth-order valence-electron chi connectivity index (χ4n) is 1.29. The average molecular weight is 258 g/mol. The highest BCUT2D eigenvalue weighted by molar-refractivity contribution is 5.76. The second-order valence-corrected chi connectivity index (χ2v) is 3.86. The summed E-state index contributed by atoms with van der Waals surface area (Å²) in [7, 11) is 0. The lowest BCUT2D eigenvalue weighted by Crippen LogP contribution is -2.27. The number of carbonyl (C=O) groups excluding carboxylic acids is 2. The van der Waals surface area contributed by atoms with Crippen LogP contribution in [0.1, 0.15) is 66.2 Å². The molecule has 0 fully saturated rings. The highest BCUT2D eigenvalue weighted by atomic mass is 16.2. The van der Waals surface area contributed by atoms with Crippen molar-refractivity contribution in [1.82, 2.24) is 10.6 Å². The van der Waals surface area contributed by atoms with Crippen molar-refractivity contribution in [3.63, 3.8) is 0 Å². The van der Waals surface area contributed by atoms with E-state index in [-0.39, 0.29) is 11.8 Å². The maximum atomic E-state index is 11.3. The van der Waals surface area contributed by atoms with Crippen LogP contribution in [-0.4, -0.2) is 24.9 Å². The zero-order valence-corrected chi connectivity index (χ0v) is 12.5. The monoisotopic (exact) mass is 258 g/mol. The molecule has 0 unspecified atom stereocenters. The highest BCUT2D eigenvalue weighted by Gasteiger charge is 2.01. The maximum Gasteiger partial charge on any atom is 0.220 e. The van der Waals surface area contributed by atoms with Gasteiger partial charge in [-0.1, -0.05) is 40.5 Å². The van der Waals surface area contributed by atoms with Crippen LogP contribution in [0.3, 0.4) is 0 Å². The number of amides is 2. The maximum absolute atomic E-state index is 11.3. The number of nitrogens with one attached hydrogen (secondary N) is 2. The molecule has 108 valence electrons. The van der Waals surface area contributed by atoms with Crippen molar-refractivity contribution in [2.24, 2.45) is 0 Å². The third-order valence-electron chi connectivity index (χ3n) is 2.33. The molecule has 0 aromatic carbocycles. The first kappa shape index (κ1) is 19.3. The third-order valence-corrected chi connectivity index (χ3v) is 2.33. The Bertz CT molecular complexity index is 206. The van der Waals surface area contributed by atoms with Crippen molar-refractivity contribution < 1.29 is 9.59 Å². The van der Waals surface area contributed by atoms with Gasteiger partial charge in [-0.2, -0.15) is 0 Å². The molecule has 0 saturated carbocycles. The van der Waals surface area contributed by atoms with Crippen LogP contribution in [0.2, 0.25) is 0 Å². The van der Waals surface area contributed by atoms with Gasteiger partial charge < -0.3 is 10.6 Å². The molecule has 0 aliphatic heterocycles. The normalized spacial score (nSPS) is 9.11. The fourth-order valence-corrected chi connectivity index (χ4v) is 1.29. The van der Waals surface area contributed by atoms with E-state index in [0.29, 0.717) is 25.8 Å². The molecule has 0 saturated heterocycles. The molecule has 0 aliphatic carbocycles. The Morgan fingerprint density at radius 3 is 1.94 bits per heavy atom. The molecule has 0 bridgehead atoms. The lowest BCUT2D eigenvalue weighted by molar-refractivity contribution is -0.122. The standard InChI is InChI=1S/C12H24N2O2.C2H6/c1-3-5-6-9-14-12(16)8-7-10-13-11(15)4-2;1-2/h3-10H2,1-2H3,(H,13,15)(H,14,16);1-2H3. The van der Waals surface area contributed by atoms with E-state index in [1.165, 1.54) is 6.42 Å². The number of hydrogen-bond donors (Lipinski definition) is 2. The third kappa shape index (κ3) is 14.9. The second kappa shape index (κ2) is 15.9. The van der Waals surface area contributed by atoms with Gasteiger partial charge in [0, 0.05) is 25.9 Å². The number of carbonyl (C=O) groups is 2. The Hall–Kier alpha value is -1.06. The number of rotatable bonds is 9. The molecule has 0 aromatic heterocycles. The Morgan fingerprint density at radius 2 is 1.39 bits per heavy atom. The van der Waals surface area contributed by atoms with Crippen LogP contribution < -0.4 is 10.6 Å². The molecule has 2 amide bonds. The predicted octanol–water partition coefficient (Wildman–Crippen LogP) is 2.63. The van der Waals surface area contributed by atoms with E-state index < -0.39 is 0 Å². The zero-order chi connectivity index (χ0) is 14.2. The van der Waals surface area contributed by atoms with Crippen LogP contribution in [0.4, 0.5) is 0 Å². The minimum Gasteiger partial charge on any atom is -0.356 e. The smallest absolute Gasteiger partial charge is 0.220 e. The van der Waals surface area contributed by atoms with Crippen LogP contribution in [0.15, 0.2) is 0 Å². The molecule has 2 N–H and O–H groups in total. The van der Waals surface area contributed by atoms with Crippen molar-refractivity contribution in [3.8, 4) is 0 Å². The largest absolute Gasteiger partial charge is 0.356 e. The van der Waals surface area contributed by atoms with E-state index in [4.69, 9.17) is 0 Å². The van der Waals surface area contributed by atoms with Gasteiger partial charge in [-0.25, -0.2) is 0 Å². The van der Waals surface area contributed by atoms with E-state index in [1.54, 1.807) is 0 Å². The van der Waals surface area contributed by atoms with Crippen molar-refractivity contribution in [2.75, 3.05) is 13.1 Å². The van der Waals surface area contributed by atoms with Gasteiger partial charge >= 0.3 is 0 Å². The summed E-state index contributed by atoms with van der Waals surface area (Å²) in [4.78, 5) is 22.2. The topological polar surface area (TPSA) is 58.2 Å². The second-order valence-electron chi connectivity index (χ2n) is 3.86. The molecule has 4 heteroatoms. The van der Waals surface area contributed by atoms with Crippen LogP contribution in [-0.2, 0) is 9.59 Å². The quantitative estimate of drug-likeness (QED) is 0.625. The van der Waals surface area contributed by atoms with Crippen molar-refractivity contribution in [3.05, 3.63) is 0 Å². The summed E-state index contributed by atoms with van der Waals surface area (Å²) in [6.07, 6.45) is 5.09. The number of unbranched alkanes of at least 4 members (excludes halogenated alkanes) is 2. The summed E-state index contributed by atoms with van der Waals surface area (Å²) in [5, 5.41) is 5.61. The van der Waals surface area contributed by atoms with Crippen LogP contribution in [0, 0.1) is 0 Å². The van der Waals surface area contributed by atoms with Gasteiger partial charge in [-0.05, 0) is 12.8 Å². The average Bonchev–Trinajstić information content (AvgIpc) is 2.41. The summed E-state index contributed by atoms with van der Waals surface area (Å²) < 4.78 is 0. The number of hydrogen-bond acceptors (Lipinski definition) is 2. The van der Waals surface area contributed by atoms with E-state index in [0.717, 1.165) is 19.4 Å². The molecule has 18 heavy (non-hydrogen) atoms. The summed E-state index contributed by atoms with van der Waals surface area (Å²) in [6, 6.07) is 0. The lowest BCUT2D eigenvalue weighted by Gasteiger charge is -2.05. The molecular formula is C14H30N2O2. The van der Waals surface area contributed by atoms with Crippen LogP contribution in [0.5, 0.6) is 0 Å². The Balaban J connectivity index is 0. The molecular weight excluding hydrogens is 228 g/mol. The van der Waals surface area contributed by atoms with E-state index >= 15 is 0 Å². The van der Waals surface area contributed by atoms with Gasteiger partial charge in [0.15, 0.2) is 0 Å². The summed E-state index contributed by atoms with van der Waals surface area (Å²) in [5.74, 6) is 0.130. The lowest BCUT2D eigenvalue weighted by atomic mass is 10.2. The van der Waals surface area contributed by atoms with Gasteiger partial charge in [0.1, 0.15) is 0 Å². The molecule has 0 radical (unpaired) electrons. The SMILES string of the molecule is CC.CCCCCNC(=O)CCCNC(=O)CC. The Morgan fingerprint density at radius 1 is 0.833 bits per heavy atom. The van der Waals surface area contributed by atoms with E-state index in [9.17, 15) is 9.59 Å². The van der Waals surface area contributed by atoms with E-state index in [2.05, 4.69) is 17.6 Å².